The maximum Gasteiger partial charge on any atom is 0.228 e. The fourth-order valence-electron chi connectivity index (χ4n) is 4.15. The molecule has 3 saturated heterocycles. The first-order chi connectivity index (χ1) is 11.9. The molecule has 0 saturated carbocycles. The zero-order valence-electron chi connectivity index (χ0n) is 15.3. The molecular weight excluding hydrogens is 316 g/mol. The van der Waals surface area contributed by atoms with Gasteiger partial charge in [-0.3, -0.25) is 15.6 Å². The van der Waals surface area contributed by atoms with E-state index in [0.717, 1.165) is 50.8 Å². The van der Waals surface area contributed by atoms with Gasteiger partial charge in [0.05, 0.1) is 11.6 Å². The number of nitrogens with zero attached hydrogens (tertiary/aromatic N) is 4. The summed E-state index contributed by atoms with van der Waals surface area (Å²) in [6, 6.07) is 4.18. The maximum absolute atomic E-state index is 12.6. The fourth-order valence-corrected chi connectivity index (χ4v) is 4.15. The number of nitrogens with one attached hydrogen (secondary N) is 2. The number of hydrazine groups is 1. The molecule has 0 radical (unpaired) electrons. The zero-order chi connectivity index (χ0) is 17.6. The summed E-state index contributed by atoms with van der Waals surface area (Å²) in [6.45, 7) is 11.6. The van der Waals surface area contributed by atoms with Crippen LogP contribution in [0.5, 0.6) is 0 Å². The Labute approximate surface area is 149 Å². The zero-order valence-corrected chi connectivity index (χ0v) is 15.3. The number of fused-ring (bicyclic) bond motifs is 1. The van der Waals surface area contributed by atoms with Crippen LogP contribution in [0.2, 0.25) is 0 Å². The molecular formula is C18H28N6O. The number of hydrogen-bond acceptors (Lipinski definition) is 6. The standard InChI is InChI=1S/C18H28N6O/c1-18(2,3)15-4-5-16(22-21-15)23-8-13-10-24(11-14(13)9-23)17(25)12-6-19-20-7-12/h4-5,12-14,19-20H,6-11H2,1-3H3. The van der Waals surface area contributed by atoms with Gasteiger partial charge in [-0.25, -0.2) is 0 Å². The van der Waals surface area contributed by atoms with Crippen molar-refractivity contribution < 1.29 is 4.79 Å². The van der Waals surface area contributed by atoms with Crippen LogP contribution in [0.4, 0.5) is 5.82 Å². The summed E-state index contributed by atoms with van der Waals surface area (Å²) in [4.78, 5) is 17.0. The van der Waals surface area contributed by atoms with Gasteiger partial charge < -0.3 is 9.80 Å². The summed E-state index contributed by atoms with van der Waals surface area (Å²) in [7, 11) is 0. The third kappa shape index (κ3) is 3.22. The van der Waals surface area contributed by atoms with Crippen LogP contribution in [-0.4, -0.2) is 60.3 Å². The smallest absolute Gasteiger partial charge is 0.228 e. The predicted octanol–water partition coefficient (Wildman–Crippen LogP) is 0.393. The number of anilines is 1. The summed E-state index contributed by atoms with van der Waals surface area (Å²) >= 11 is 0. The van der Waals surface area contributed by atoms with E-state index in [1.165, 1.54) is 0 Å². The van der Waals surface area contributed by atoms with E-state index >= 15 is 0 Å². The molecule has 0 aliphatic carbocycles. The molecule has 3 aliphatic rings. The Morgan fingerprint density at radius 2 is 1.68 bits per heavy atom. The van der Waals surface area contributed by atoms with E-state index in [-0.39, 0.29) is 11.3 Å². The fraction of sp³-hybridized carbons (Fsp3) is 0.722. The van der Waals surface area contributed by atoms with Crippen molar-refractivity contribution in [2.45, 2.75) is 26.2 Å². The van der Waals surface area contributed by atoms with Crippen molar-refractivity contribution in [3.05, 3.63) is 17.8 Å². The lowest BCUT2D eigenvalue weighted by Crippen LogP contribution is -2.39. The van der Waals surface area contributed by atoms with Gasteiger partial charge in [-0.2, -0.15) is 5.10 Å². The van der Waals surface area contributed by atoms with Crippen molar-refractivity contribution in [1.29, 1.82) is 0 Å². The van der Waals surface area contributed by atoms with E-state index in [0.29, 0.717) is 17.7 Å². The molecule has 1 aromatic heterocycles. The van der Waals surface area contributed by atoms with Crippen LogP contribution in [0.15, 0.2) is 12.1 Å². The third-order valence-corrected chi connectivity index (χ3v) is 5.71. The first-order valence-corrected chi connectivity index (χ1v) is 9.25. The Balaban J connectivity index is 1.37. The van der Waals surface area contributed by atoms with E-state index in [4.69, 9.17) is 0 Å². The molecule has 2 atom stereocenters. The van der Waals surface area contributed by atoms with Crippen molar-refractivity contribution >= 4 is 11.7 Å². The first-order valence-electron chi connectivity index (χ1n) is 9.25. The largest absolute Gasteiger partial charge is 0.354 e. The lowest BCUT2D eigenvalue weighted by molar-refractivity contribution is -0.133. The SMILES string of the molecule is CC(C)(C)c1ccc(N2CC3CN(C(=O)C4CNNC4)CC3C2)nn1. The third-order valence-electron chi connectivity index (χ3n) is 5.71. The van der Waals surface area contributed by atoms with Gasteiger partial charge in [0.15, 0.2) is 5.82 Å². The maximum atomic E-state index is 12.6. The van der Waals surface area contributed by atoms with Crippen molar-refractivity contribution in [1.82, 2.24) is 25.9 Å². The topological polar surface area (TPSA) is 73.4 Å². The Kier molecular flexibility index (Phi) is 4.16. The minimum atomic E-state index is 0.0257. The number of amides is 1. The number of hydrogen-bond donors (Lipinski definition) is 2. The summed E-state index contributed by atoms with van der Waals surface area (Å²) in [6.07, 6.45) is 0. The molecule has 1 amide bonds. The molecule has 2 N–H and O–H groups in total. The Hall–Kier alpha value is -1.73. The molecule has 3 fully saturated rings. The molecule has 3 aliphatic heterocycles. The quantitative estimate of drug-likeness (QED) is 0.809. The van der Waals surface area contributed by atoms with E-state index in [1.807, 2.05) is 0 Å². The van der Waals surface area contributed by atoms with E-state index in [2.05, 4.69) is 63.8 Å². The summed E-state index contributed by atoms with van der Waals surface area (Å²) in [5.74, 6) is 2.45. The van der Waals surface area contributed by atoms with Crippen LogP contribution in [0.3, 0.4) is 0 Å². The van der Waals surface area contributed by atoms with Gasteiger partial charge >= 0.3 is 0 Å². The Morgan fingerprint density at radius 1 is 1.04 bits per heavy atom. The van der Waals surface area contributed by atoms with Crippen LogP contribution in [0.25, 0.3) is 0 Å². The van der Waals surface area contributed by atoms with Crippen LogP contribution >= 0.6 is 0 Å². The van der Waals surface area contributed by atoms with Crippen molar-refractivity contribution in [3.8, 4) is 0 Å². The van der Waals surface area contributed by atoms with Crippen LogP contribution in [0, 0.1) is 17.8 Å². The van der Waals surface area contributed by atoms with E-state index in [9.17, 15) is 4.79 Å². The highest BCUT2D eigenvalue weighted by atomic mass is 16.2. The van der Waals surface area contributed by atoms with Crippen LogP contribution in [0.1, 0.15) is 26.5 Å². The second-order valence-electron chi connectivity index (χ2n) is 8.65. The average Bonchev–Trinajstić information content (AvgIpc) is 3.29. The lowest BCUT2D eigenvalue weighted by Gasteiger charge is -2.24. The van der Waals surface area contributed by atoms with Crippen molar-refractivity contribution in [2.75, 3.05) is 44.2 Å². The van der Waals surface area contributed by atoms with E-state index in [1.54, 1.807) is 0 Å². The van der Waals surface area contributed by atoms with Crippen molar-refractivity contribution in [2.24, 2.45) is 17.8 Å². The molecule has 7 nitrogen and oxygen atoms in total. The lowest BCUT2D eigenvalue weighted by atomic mass is 9.92. The molecule has 25 heavy (non-hydrogen) atoms. The van der Waals surface area contributed by atoms with Gasteiger partial charge in [0, 0.05) is 56.5 Å². The number of aromatic nitrogens is 2. The summed E-state index contributed by atoms with van der Waals surface area (Å²) < 4.78 is 0. The number of carbonyl (C=O) groups is 1. The monoisotopic (exact) mass is 344 g/mol. The van der Waals surface area contributed by atoms with Gasteiger partial charge in [-0.1, -0.05) is 20.8 Å². The molecule has 0 bridgehead atoms. The second kappa shape index (κ2) is 6.21. The first kappa shape index (κ1) is 16.7. The molecule has 0 aromatic carbocycles. The van der Waals surface area contributed by atoms with Crippen molar-refractivity contribution in [3.63, 3.8) is 0 Å². The molecule has 7 heteroatoms. The van der Waals surface area contributed by atoms with E-state index < -0.39 is 0 Å². The van der Waals surface area contributed by atoms with Crippen LogP contribution < -0.4 is 15.8 Å². The Morgan fingerprint density at radius 3 is 2.20 bits per heavy atom. The summed E-state index contributed by atoms with van der Waals surface area (Å²) in [5.41, 5.74) is 7.14. The molecule has 0 spiro atoms. The minimum Gasteiger partial charge on any atom is -0.354 e. The highest BCUT2D eigenvalue weighted by Crippen LogP contribution is 2.34. The van der Waals surface area contributed by atoms with Crippen LogP contribution in [-0.2, 0) is 10.2 Å². The highest BCUT2D eigenvalue weighted by molar-refractivity contribution is 5.80. The predicted molar refractivity (Wildman–Crippen MR) is 96.0 cm³/mol. The highest BCUT2D eigenvalue weighted by Gasteiger charge is 2.43. The average molecular weight is 344 g/mol. The number of carbonyl (C=O) groups excluding carboxylic acids is 1. The van der Waals surface area contributed by atoms with Gasteiger partial charge in [0.2, 0.25) is 5.91 Å². The Bertz CT molecular complexity index is 620. The van der Waals surface area contributed by atoms with Gasteiger partial charge in [-0.05, 0) is 12.1 Å². The van der Waals surface area contributed by atoms with Gasteiger partial charge in [0.1, 0.15) is 0 Å². The minimum absolute atomic E-state index is 0.0257. The molecule has 136 valence electrons. The number of rotatable bonds is 2. The van der Waals surface area contributed by atoms with Gasteiger partial charge in [-0.15, -0.1) is 5.10 Å². The molecule has 4 heterocycles. The molecule has 2 unspecified atom stereocenters. The molecule has 1 aromatic rings. The normalized spacial score (nSPS) is 27.2. The number of likely N-dealkylation sites (tertiary alicyclic amines) is 1. The second-order valence-corrected chi connectivity index (χ2v) is 8.65. The molecule has 4 rings (SSSR count). The van der Waals surface area contributed by atoms with Gasteiger partial charge in [0.25, 0.3) is 0 Å². The summed E-state index contributed by atoms with van der Waals surface area (Å²) in [5, 5.41) is 8.86.